The van der Waals surface area contributed by atoms with E-state index in [9.17, 15) is 0 Å². The van der Waals surface area contributed by atoms with E-state index in [1.54, 1.807) is 6.20 Å². The summed E-state index contributed by atoms with van der Waals surface area (Å²) in [5, 5.41) is 6.57. The van der Waals surface area contributed by atoms with Crippen molar-refractivity contribution in [1.82, 2.24) is 15.0 Å². The normalized spacial score (nSPS) is 10.9. The summed E-state index contributed by atoms with van der Waals surface area (Å²) in [5.74, 6) is 2.03. The molecule has 0 saturated heterocycles. The summed E-state index contributed by atoms with van der Waals surface area (Å²) in [6.45, 7) is 5.16. The van der Waals surface area contributed by atoms with Gasteiger partial charge in [0.1, 0.15) is 17.8 Å². The Balaban J connectivity index is 1.51. The number of aromatic nitrogens is 3. The Hall–Kier alpha value is -2.37. The molecule has 0 aliphatic rings. The molecule has 0 spiro atoms. The first-order valence-corrected chi connectivity index (χ1v) is 12.8. The van der Waals surface area contributed by atoms with E-state index < -0.39 is 0 Å². The maximum absolute atomic E-state index is 6.26. The van der Waals surface area contributed by atoms with E-state index in [0.717, 1.165) is 24.3 Å². The highest BCUT2D eigenvalue weighted by Gasteiger charge is 2.09. The minimum absolute atomic E-state index is 0.530. The van der Waals surface area contributed by atoms with Crippen molar-refractivity contribution in [2.75, 3.05) is 22.9 Å². The number of aryl methyl sites for hydroxylation is 1. The summed E-state index contributed by atoms with van der Waals surface area (Å²) < 4.78 is 0. The molecule has 0 unspecified atom stereocenters. The van der Waals surface area contributed by atoms with E-state index in [4.69, 9.17) is 5.73 Å². The molecule has 4 N–H and O–H groups in total. The lowest BCUT2D eigenvalue weighted by Gasteiger charge is -2.13. The molecule has 0 aliphatic heterocycles. The highest BCUT2D eigenvalue weighted by Crippen LogP contribution is 2.26. The van der Waals surface area contributed by atoms with Crippen LogP contribution in [0.25, 0.3) is 0 Å². The van der Waals surface area contributed by atoms with E-state index in [1.165, 1.54) is 89.8 Å². The quantitative estimate of drug-likeness (QED) is 0.209. The minimum atomic E-state index is 0.530. The van der Waals surface area contributed by atoms with Crippen LogP contribution in [0.2, 0.25) is 0 Å². The number of hydrogen-bond acceptors (Lipinski definition) is 6. The van der Waals surface area contributed by atoms with E-state index in [1.807, 2.05) is 19.1 Å². The smallest absolute Gasteiger partial charge is 0.160 e. The highest BCUT2D eigenvalue weighted by atomic mass is 15.1. The van der Waals surface area contributed by atoms with E-state index >= 15 is 0 Å². The van der Waals surface area contributed by atoms with E-state index in [2.05, 4.69) is 32.5 Å². The molecular formula is C26H44N6. The second-order valence-electron chi connectivity index (χ2n) is 8.80. The first-order chi connectivity index (χ1) is 15.7. The van der Waals surface area contributed by atoms with Gasteiger partial charge in [-0.3, -0.25) is 0 Å². The standard InChI is InChI=1S/C26H44N6/c1-3-4-5-6-7-8-9-10-11-12-13-14-15-16-19-29-25-23(27)26(31-21-30-25)32-24-22(2)18-17-20-28-24/h17-18,20-21H,3-16,19,27H2,1-2H3,(H2,28,29,30,31,32). The molecule has 0 bridgehead atoms. The van der Waals surface area contributed by atoms with Crippen molar-refractivity contribution in [1.29, 1.82) is 0 Å². The number of nitrogens with one attached hydrogen (secondary N) is 2. The zero-order valence-electron chi connectivity index (χ0n) is 20.3. The van der Waals surface area contributed by atoms with E-state index in [0.29, 0.717) is 17.3 Å². The van der Waals surface area contributed by atoms with Crippen LogP contribution in [0.5, 0.6) is 0 Å². The van der Waals surface area contributed by atoms with Gasteiger partial charge in [-0.05, 0) is 25.0 Å². The predicted molar refractivity (Wildman–Crippen MR) is 138 cm³/mol. The van der Waals surface area contributed by atoms with Crippen molar-refractivity contribution < 1.29 is 0 Å². The second-order valence-corrected chi connectivity index (χ2v) is 8.80. The number of unbranched alkanes of at least 4 members (excludes halogenated alkanes) is 13. The average molecular weight is 441 g/mol. The summed E-state index contributed by atoms with van der Waals surface area (Å²) in [4.78, 5) is 12.9. The van der Waals surface area contributed by atoms with E-state index in [-0.39, 0.29) is 0 Å². The Morgan fingerprint density at radius 1 is 0.719 bits per heavy atom. The Labute approximate surface area is 195 Å². The maximum Gasteiger partial charge on any atom is 0.160 e. The fraction of sp³-hybridized carbons (Fsp3) is 0.654. The summed E-state index contributed by atoms with van der Waals surface area (Å²) in [6.07, 6.45) is 22.4. The first kappa shape index (κ1) is 25.9. The largest absolute Gasteiger partial charge is 0.393 e. The number of nitrogens with two attached hydrogens (primary N) is 1. The number of anilines is 4. The van der Waals surface area contributed by atoms with Gasteiger partial charge in [0.15, 0.2) is 11.6 Å². The number of nitrogens with zero attached hydrogens (tertiary/aromatic N) is 3. The van der Waals surface area contributed by atoms with Crippen LogP contribution in [-0.4, -0.2) is 21.5 Å². The molecule has 2 heterocycles. The molecule has 178 valence electrons. The fourth-order valence-corrected chi connectivity index (χ4v) is 3.89. The first-order valence-electron chi connectivity index (χ1n) is 12.8. The summed E-state index contributed by atoms with van der Waals surface area (Å²) >= 11 is 0. The molecular weight excluding hydrogens is 396 g/mol. The summed E-state index contributed by atoms with van der Waals surface area (Å²) in [5.41, 5.74) is 7.84. The SMILES string of the molecule is CCCCCCCCCCCCCCCCNc1ncnc(Nc2ncccc2C)c1N. The van der Waals surface area contributed by atoms with Gasteiger partial charge in [-0.2, -0.15) is 0 Å². The zero-order chi connectivity index (χ0) is 22.9. The Morgan fingerprint density at radius 2 is 1.28 bits per heavy atom. The minimum Gasteiger partial charge on any atom is -0.393 e. The fourth-order valence-electron chi connectivity index (χ4n) is 3.89. The number of pyridine rings is 1. The van der Waals surface area contributed by atoms with Crippen LogP contribution < -0.4 is 16.4 Å². The summed E-state index contributed by atoms with van der Waals surface area (Å²) in [6, 6.07) is 3.91. The molecule has 2 aromatic rings. The number of nitrogen functional groups attached to an aromatic ring is 1. The monoisotopic (exact) mass is 440 g/mol. The highest BCUT2D eigenvalue weighted by molar-refractivity contribution is 5.77. The number of rotatable bonds is 18. The van der Waals surface area contributed by atoms with Gasteiger partial charge in [-0.25, -0.2) is 15.0 Å². The van der Waals surface area contributed by atoms with Crippen LogP contribution >= 0.6 is 0 Å². The van der Waals surface area contributed by atoms with Crippen molar-refractivity contribution in [2.24, 2.45) is 0 Å². The molecule has 2 rings (SSSR count). The number of hydrogen-bond donors (Lipinski definition) is 3. The van der Waals surface area contributed by atoms with Gasteiger partial charge in [-0.1, -0.05) is 96.5 Å². The molecule has 0 aromatic carbocycles. The van der Waals surface area contributed by atoms with Crippen molar-refractivity contribution in [3.05, 3.63) is 30.2 Å². The van der Waals surface area contributed by atoms with Gasteiger partial charge in [0.2, 0.25) is 0 Å². The maximum atomic E-state index is 6.26. The van der Waals surface area contributed by atoms with Crippen LogP contribution in [0.1, 0.15) is 102 Å². The molecule has 0 amide bonds. The lowest BCUT2D eigenvalue weighted by atomic mass is 10.0. The molecule has 0 atom stereocenters. The third-order valence-corrected chi connectivity index (χ3v) is 5.95. The van der Waals surface area contributed by atoms with Crippen LogP contribution in [0, 0.1) is 6.92 Å². The third-order valence-electron chi connectivity index (χ3n) is 5.95. The van der Waals surface area contributed by atoms with Crippen molar-refractivity contribution in [2.45, 2.75) is 104 Å². The van der Waals surface area contributed by atoms with Gasteiger partial charge in [0.05, 0.1) is 0 Å². The molecule has 0 aliphatic carbocycles. The van der Waals surface area contributed by atoms with Gasteiger partial charge in [0.25, 0.3) is 0 Å². The Bertz CT molecular complexity index is 749. The Morgan fingerprint density at radius 3 is 1.88 bits per heavy atom. The van der Waals surface area contributed by atoms with Gasteiger partial charge >= 0.3 is 0 Å². The molecule has 0 saturated carbocycles. The van der Waals surface area contributed by atoms with Crippen LogP contribution in [-0.2, 0) is 0 Å². The topological polar surface area (TPSA) is 88.8 Å². The molecule has 6 heteroatoms. The molecule has 6 nitrogen and oxygen atoms in total. The third kappa shape index (κ3) is 10.3. The lowest BCUT2D eigenvalue weighted by molar-refractivity contribution is 0.537. The summed E-state index contributed by atoms with van der Waals surface area (Å²) in [7, 11) is 0. The van der Waals surface area contributed by atoms with Gasteiger partial charge < -0.3 is 16.4 Å². The van der Waals surface area contributed by atoms with Crippen molar-refractivity contribution in [3.8, 4) is 0 Å². The average Bonchev–Trinajstić information content (AvgIpc) is 2.80. The molecule has 0 fully saturated rings. The second kappa shape index (κ2) is 16.3. The zero-order valence-corrected chi connectivity index (χ0v) is 20.3. The van der Waals surface area contributed by atoms with Gasteiger partial charge in [0, 0.05) is 12.7 Å². The van der Waals surface area contributed by atoms with Gasteiger partial charge in [-0.15, -0.1) is 0 Å². The van der Waals surface area contributed by atoms with Crippen molar-refractivity contribution >= 4 is 23.1 Å². The molecule has 0 radical (unpaired) electrons. The molecule has 2 aromatic heterocycles. The van der Waals surface area contributed by atoms with Crippen LogP contribution in [0.4, 0.5) is 23.1 Å². The lowest BCUT2D eigenvalue weighted by Crippen LogP contribution is -2.09. The van der Waals surface area contributed by atoms with Crippen LogP contribution in [0.3, 0.4) is 0 Å². The Kier molecular flexibility index (Phi) is 13.2. The molecule has 32 heavy (non-hydrogen) atoms. The predicted octanol–water partition coefficient (Wildman–Crippen LogP) is 7.40. The van der Waals surface area contributed by atoms with Crippen LogP contribution in [0.15, 0.2) is 24.7 Å². The van der Waals surface area contributed by atoms with Crippen molar-refractivity contribution in [3.63, 3.8) is 0 Å².